The van der Waals surface area contributed by atoms with E-state index < -0.39 is 10.0 Å². The molecule has 0 saturated carbocycles. The molecule has 1 heterocycles. The predicted molar refractivity (Wildman–Crippen MR) is 120 cm³/mol. The van der Waals surface area contributed by atoms with Crippen LogP contribution in [-0.4, -0.2) is 36.4 Å². The third kappa shape index (κ3) is 5.62. The van der Waals surface area contributed by atoms with Gasteiger partial charge in [0.15, 0.2) is 0 Å². The van der Waals surface area contributed by atoms with Crippen molar-refractivity contribution in [1.29, 1.82) is 0 Å². The first kappa shape index (κ1) is 22.3. The van der Waals surface area contributed by atoms with E-state index in [0.29, 0.717) is 17.0 Å². The van der Waals surface area contributed by atoms with Crippen molar-refractivity contribution in [2.75, 3.05) is 7.05 Å². The van der Waals surface area contributed by atoms with Gasteiger partial charge in [0.2, 0.25) is 10.0 Å². The van der Waals surface area contributed by atoms with Crippen LogP contribution in [-0.2, 0) is 16.6 Å². The Morgan fingerprint density at radius 2 is 1.71 bits per heavy atom. The van der Waals surface area contributed by atoms with Gasteiger partial charge in [-0.2, -0.15) is 9.41 Å². The molecule has 0 aliphatic rings. The van der Waals surface area contributed by atoms with Crippen LogP contribution in [0.25, 0.3) is 0 Å². The molecule has 0 fully saturated rings. The van der Waals surface area contributed by atoms with E-state index in [1.54, 1.807) is 73.8 Å². The van der Waals surface area contributed by atoms with Gasteiger partial charge in [-0.15, -0.1) is 0 Å². The lowest BCUT2D eigenvalue weighted by atomic mass is 10.1. The van der Waals surface area contributed by atoms with E-state index in [9.17, 15) is 13.2 Å². The van der Waals surface area contributed by atoms with Gasteiger partial charge in [-0.25, -0.2) is 13.8 Å². The highest BCUT2D eigenvalue weighted by Gasteiger charge is 2.20. The van der Waals surface area contributed by atoms with Crippen molar-refractivity contribution in [1.82, 2.24) is 14.7 Å². The van der Waals surface area contributed by atoms with Crippen LogP contribution in [0.4, 0.5) is 0 Å². The molecule has 1 N–H and O–H groups in total. The summed E-state index contributed by atoms with van der Waals surface area (Å²) >= 11 is 0. The molecule has 1 amide bonds. The van der Waals surface area contributed by atoms with Crippen molar-refractivity contribution in [3.8, 4) is 0 Å². The number of amides is 1. The van der Waals surface area contributed by atoms with Gasteiger partial charge in [-0.1, -0.05) is 35.9 Å². The van der Waals surface area contributed by atoms with E-state index in [1.165, 1.54) is 11.4 Å². The summed E-state index contributed by atoms with van der Waals surface area (Å²) in [6.07, 6.45) is 1.66. The topological polar surface area (TPSA) is 91.7 Å². The highest BCUT2D eigenvalue weighted by Crippen LogP contribution is 2.17. The number of carbonyl (C=O) groups excluding carboxylic acids is 1. The number of rotatable bonds is 7. The molecule has 0 atom stereocenters. The molecule has 0 aliphatic carbocycles. The van der Waals surface area contributed by atoms with Gasteiger partial charge in [0.25, 0.3) is 5.91 Å². The maximum Gasteiger partial charge on any atom is 0.271 e. The summed E-state index contributed by atoms with van der Waals surface area (Å²) in [5.74, 6) is -0.359. The van der Waals surface area contributed by atoms with Crippen molar-refractivity contribution in [2.24, 2.45) is 5.10 Å². The molecule has 0 radical (unpaired) electrons. The number of hydrazone groups is 1. The van der Waals surface area contributed by atoms with Crippen LogP contribution in [0.15, 0.2) is 82.9 Å². The molecule has 1 aromatic heterocycles. The number of aryl methyl sites for hydroxylation is 1. The summed E-state index contributed by atoms with van der Waals surface area (Å²) in [4.78, 5) is 16.8. The number of carbonyl (C=O) groups is 1. The number of hydrogen-bond donors (Lipinski definition) is 1. The Labute approximate surface area is 182 Å². The van der Waals surface area contributed by atoms with Crippen LogP contribution < -0.4 is 5.43 Å². The SMILES string of the molecule is C/C(=N/NC(=O)c1ccc(CN(C)S(=O)(=O)c2ccc(C)cc2)cc1)c1ccccn1. The van der Waals surface area contributed by atoms with Gasteiger partial charge in [-0.3, -0.25) is 9.78 Å². The summed E-state index contributed by atoms with van der Waals surface area (Å²) in [5, 5.41) is 4.08. The van der Waals surface area contributed by atoms with Crippen molar-refractivity contribution in [3.05, 3.63) is 95.3 Å². The molecule has 0 aliphatic heterocycles. The van der Waals surface area contributed by atoms with Gasteiger partial charge >= 0.3 is 0 Å². The predicted octanol–water partition coefficient (Wildman–Crippen LogP) is 3.36. The van der Waals surface area contributed by atoms with Crippen molar-refractivity contribution in [3.63, 3.8) is 0 Å². The molecule has 31 heavy (non-hydrogen) atoms. The lowest BCUT2D eigenvalue weighted by molar-refractivity contribution is 0.0955. The van der Waals surface area contributed by atoms with Crippen molar-refractivity contribution < 1.29 is 13.2 Å². The molecule has 160 valence electrons. The Bertz CT molecular complexity index is 1170. The van der Waals surface area contributed by atoms with E-state index in [2.05, 4.69) is 15.5 Å². The van der Waals surface area contributed by atoms with Crippen LogP contribution in [0.1, 0.15) is 34.1 Å². The Morgan fingerprint density at radius 1 is 1.03 bits per heavy atom. The van der Waals surface area contributed by atoms with E-state index in [1.807, 2.05) is 13.0 Å². The molecule has 3 rings (SSSR count). The van der Waals surface area contributed by atoms with Gasteiger partial charge in [0.1, 0.15) is 0 Å². The number of hydrogen-bond acceptors (Lipinski definition) is 5. The number of benzene rings is 2. The molecule has 7 nitrogen and oxygen atoms in total. The van der Waals surface area contributed by atoms with Crippen LogP contribution in [0.5, 0.6) is 0 Å². The zero-order valence-corrected chi connectivity index (χ0v) is 18.4. The fraction of sp³-hybridized carbons (Fsp3) is 0.174. The Morgan fingerprint density at radius 3 is 2.32 bits per heavy atom. The summed E-state index contributed by atoms with van der Waals surface area (Å²) in [6, 6.07) is 18.9. The number of sulfonamides is 1. The summed E-state index contributed by atoms with van der Waals surface area (Å²) in [6.45, 7) is 3.86. The minimum atomic E-state index is -3.59. The fourth-order valence-corrected chi connectivity index (χ4v) is 3.99. The first-order valence-corrected chi connectivity index (χ1v) is 11.1. The lowest BCUT2D eigenvalue weighted by Gasteiger charge is -2.17. The Hall–Kier alpha value is -3.36. The second kappa shape index (κ2) is 9.63. The zero-order valence-electron chi connectivity index (χ0n) is 17.6. The average molecular weight is 437 g/mol. The van der Waals surface area contributed by atoms with Crippen molar-refractivity contribution in [2.45, 2.75) is 25.3 Å². The van der Waals surface area contributed by atoms with Gasteiger partial charge in [0.05, 0.1) is 16.3 Å². The molecule has 0 saturated heterocycles. The van der Waals surface area contributed by atoms with Crippen LogP contribution in [0.2, 0.25) is 0 Å². The third-order valence-corrected chi connectivity index (χ3v) is 6.53. The smallest absolute Gasteiger partial charge is 0.267 e. The molecule has 3 aromatic rings. The fourth-order valence-electron chi connectivity index (χ4n) is 2.83. The quantitative estimate of drug-likeness (QED) is 0.454. The van der Waals surface area contributed by atoms with E-state index >= 15 is 0 Å². The maximum atomic E-state index is 12.7. The first-order chi connectivity index (χ1) is 14.8. The lowest BCUT2D eigenvalue weighted by Crippen LogP contribution is -2.26. The highest BCUT2D eigenvalue weighted by molar-refractivity contribution is 7.89. The van der Waals surface area contributed by atoms with E-state index in [-0.39, 0.29) is 17.3 Å². The number of pyridine rings is 1. The number of nitrogens with zero attached hydrogens (tertiary/aromatic N) is 3. The Kier molecular flexibility index (Phi) is 6.94. The Balaban J connectivity index is 1.64. The third-order valence-electron chi connectivity index (χ3n) is 4.71. The second-order valence-electron chi connectivity index (χ2n) is 7.12. The van der Waals surface area contributed by atoms with E-state index in [4.69, 9.17) is 0 Å². The number of nitrogens with one attached hydrogen (secondary N) is 1. The van der Waals surface area contributed by atoms with Crippen molar-refractivity contribution >= 4 is 21.6 Å². The maximum absolute atomic E-state index is 12.7. The zero-order chi connectivity index (χ0) is 22.4. The highest BCUT2D eigenvalue weighted by atomic mass is 32.2. The molecule has 8 heteroatoms. The number of aromatic nitrogens is 1. The van der Waals surface area contributed by atoms with Crippen LogP contribution in [0, 0.1) is 6.92 Å². The van der Waals surface area contributed by atoms with Gasteiger partial charge < -0.3 is 0 Å². The molecular weight excluding hydrogens is 412 g/mol. The molecule has 0 bridgehead atoms. The second-order valence-corrected chi connectivity index (χ2v) is 9.17. The van der Waals surface area contributed by atoms with Crippen LogP contribution in [0.3, 0.4) is 0 Å². The minimum Gasteiger partial charge on any atom is -0.267 e. The first-order valence-electron chi connectivity index (χ1n) is 9.65. The van der Waals surface area contributed by atoms with Gasteiger partial charge in [0, 0.05) is 25.4 Å². The standard InChI is InChI=1S/C23H24N4O3S/c1-17-7-13-21(14-8-17)31(29,30)27(3)16-19-9-11-20(12-10-19)23(28)26-25-18(2)22-6-4-5-15-24-22/h4-15H,16H2,1-3H3,(H,26,28)/b25-18-. The van der Waals surface area contributed by atoms with Gasteiger partial charge in [-0.05, 0) is 55.8 Å². The molecule has 0 unspecified atom stereocenters. The largest absolute Gasteiger partial charge is 0.271 e. The summed E-state index contributed by atoms with van der Waals surface area (Å²) < 4.78 is 26.7. The molecular formula is C23H24N4O3S. The average Bonchev–Trinajstić information content (AvgIpc) is 2.78. The molecule has 2 aromatic carbocycles. The van der Waals surface area contributed by atoms with Crippen LogP contribution >= 0.6 is 0 Å². The summed E-state index contributed by atoms with van der Waals surface area (Å²) in [5.41, 5.74) is 5.96. The minimum absolute atomic E-state index is 0.190. The molecule has 0 spiro atoms. The summed E-state index contributed by atoms with van der Waals surface area (Å²) in [7, 11) is -2.06. The normalized spacial score (nSPS) is 12.1. The monoisotopic (exact) mass is 436 g/mol. The van der Waals surface area contributed by atoms with E-state index in [0.717, 1.165) is 11.1 Å².